The van der Waals surface area contributed by atoms with Crippen LogP contribution in [0.15, 0.2) is 22.9 Å². The number of alkyl halides is 3. The summed E-state index contributed by atoms with van der Waals surface area (Å²) in [6, 6.07) is 2.85. The standard InChI is InChI=1S/C10H7F3N4O3/c11-10(12,13)8-16-7(17-20-8)5-1-2-6(14-3-5)4-15-9(18)19/h1-3,15H,4H2,(H,18,19). The molecule has 106 valence electrons. The van der Waals surface area contributed by atoms with Gasteiger partial charge in [-0.2, -0.15) is 18.2 Å². The summed E-state index contributed by atoms with van der Waals surface area (Å²) in [6.07, 6.45) is -4.68. The van der Waals surface area contributed by atoms with E-state index in [-0.39, 0.29) is 17.9 Å². The highest BCUT2D eigenvalue weighted by Gasteiger charge is 2.38. The van der Waals surface area contributed by atoms with Crippen molar-refractivity contribution in [2.45, 2.75) is 12.7 Å². The average molecular weight is 288 g/mol. The maximum absolute atomic E-state index is 12.3. The zero-order chi connectivity index (χ0) is 14.8. The maximum atomic E-state index is 12.3. The van der Waals surface area contributed by atoms with Crippen LogP contribution in [0.25, 0.3) is 11.4 Å². The molecule has 0 aliphatic rings. The Kier molecular flexibility index (Phi) is 3.55. The van der Waals surface area contributed by atoms with Gasteiger partial charge in [0.15, 0.2) is 0 Å². The number of carbonyl (C=O) groups is 1. The third kappa shape index (κ3) is 3.22. The number of nitrogens with zero attached hydrogens (tertiary/aromatic N) is 3. The van der Waals surface area contributed by atoms with E-state index >= 15 is 0 Å². The lowest BCUT2D eigenvalue weighted by molar-refractivity contribution is -0.159. The fraction of sp³-hybridized carbons (Fsp3) is 0.200. The number of nitrogens with one attached hydrogen (secondary N) is 1. The van der Waals surface area contributed by atoms with Crippen molar-refractivity contribution in [3.63, 3.8) is 0 Å². The molecular weight excluding hydrogens is 281 g/mol. The predicted molar refractivity (Wildman–Crippen MR) is 57.4 cm³/mol. The molecule has 0 saturated carbocycles. The monoisotopic (exact) mass is 288 g/mol. The molecule has 0 radical (unpaired) electrons. The lowest BCUT2D eigenvalue weighted by Gasteiger charge is -2.00. The van der Waals surface area contributed by atoms with Crippen molar-refractivity contribution in [3.05, 3.63) is 29.9 Å². The lowest BCUT2D eigenvalue weighted by atomic mass is 10.2. The van der Waals surface area contributed by atoms with Crippen LogP contribution in [0.3, 0.4) is 0 Å². The lowest BCUT2D eigenvalue weighted by Crippen LogP contribution is -2.20. The van der Waals surface area contributed by atoms with E-state index in [0.29, 0.717) is 5.69 Å². The number of hydrogen-bond donors (Lipinski definition) is 2. The van der Waals surface area contributed by atoms with Gasteiger partial charge in [0.2, 0.25) is 5.82 Å². The summed E-state index contributed by atoms with van der Waals surface area (Å²) in [7, 11) is 0. The van der Waals surface area contributed by atoms with E-state index in [1.165, 1.54) is 18.3 Å². The number of pyridine rings is 1. The molecule has 0 unspecified atom stereocenters. The maximum Gasteiger partial charge on any atom is 0.471 e. The number of halogens is 3. The second kappa shape index (κ2) is 5.15. The highest BCUT2D eigenvalue weighted by Crippen LogP contribution is 2.29. The average Bonchev–Trinajstić information content (AvgIpc) is 2.86. The zero-order valence-corrected chi connectivity index (χ0v) is 9.68. The fourth-order valence-electron chi connectivity index (χ4n) is 1.28. The van der Waals surface area contributed by atoms with Gasteiger partial charge in [0.1, 0.15) is 0 Å². The molecule has 2 rings (SSSR count). The molecule has 0 aliphatic heterocycles. The summed E-state index contributed by atoms with van der Waals surface area (Å²) in [4.78, 5) is 17.4. The Balaban J connectivity index is 2.14. The molecule has 7 nitrogen and oxygen atoms in total. The topological polar surface area (TPSA) is 101 Å². The number of rotatable bonds is 3. The second-order valence-corrected chi connectivity index (χ2v) is 3.62. The number of amides is 1. The van der Waals surface area contributed by atoms with Crippen molar-refractivity contribution in [3.8, 4) is 11.4 Å². The van der Waals surface area contributed by atoms with Crippen LogP contribution in [0.1, 0.15) is 11.6 Å². The van der Waals surface area contributed by atoms with Gasteiger partial charge >= 0.3 is 18.2 Å². The van der Waals surface area contributed by atoms with Crippen molar-refractivity contribution in [2.75, 3.05) is 0 Å². The normalized spacial score (nSPS) is 11.3. The smallest absolute Gasteiger partial charge is 0.465 e. The first-order chi connectivity index (χ1) is 9.36. The Morgan fingerprint density at radius 3 is 2.65 bits per heavy atom. The molecule has 1 amide bonds. The fourth-order valence-corrected chi connectivity index (χ4v) is 1.28. The molecule has 10 heteroatoms. The molecular formula is C10H7F3N4O3. The molecule has 2 heterocycles. The van der Waals surface area contributed by atoms with Crippen LogP contribution < -0.4 is 5.32 Å². The van der Waals surface area contributed by atoms with E-state index < -0.39 is 18.2 Å². The Hall–Kier alpha value is -2.65. The van der Waals surface area contributed by atoms with E-state index in [1.807, 2.05) is 0 Å². The molecule has 20 heavy (non-hydrogen) atoms. The molecule has 2 aromatic heterocycles. The quantitative estimate of drug-likeness (QED) is 0.894. The van der Waals surface area contributed by atoms with Crippen LogP contribution in [0.2, 0.25) is 0 Å². The van der Waals surface area contributed by atoms with Gasteiger partial charge in [-0.15, -0.1) is 0 Å². The Morgan fingerprint density at radius 1 is 1.40 bits per heavy atom. The Bertz CT molecular complexity index is 609. The minimum absolute atomic E-state index is 0.0182. The van der Waals surface area contributed by atoms with Crippen LogP contribution in [0.5, 0.6) is 0 Å². The van der Waals surface area contributed by atoms with Crippen molar-refractivity contribution >= 4 is 6.09 Å². The van der Waals surface area contributed by atoms with Crippen LogP contribution in [0, 0.1) is 0 Å². The first kappa shape index (κ1) is 13.8. The van der Waals surface area contributed by atoms with Crippen molar-refractivity contribution in [1.82, 2.24) is 20.4 Å². The molecule has 2 N–H and O–H groups in total. The van der Waals surface area contributed by atoms with Gasteiger partial charge < -0.3 is 14.9 Å². The van der Waals surface area contributed by atoms with Gasteiger partial charge in [-0.25, -0.2) is 4.79 Å². The van der Waals surface area contributed by atoms with Gasteiger partial charge in [0, 0.05) is 11.8 Å². The van der Waals surface area contributed by atoms with Gasteiger partial charge in [0.25, 0.3) is 0 Å². The summed E-state index contributed by atoms with van der Waals surface area (Å²) >= 11 is 0. The third-order valence-electron chi connectivity index (χ3n) is 2.17. The highest BCUT2D eigenvalue weighted by atomic mass is 19.4. The van der Waals surface area contributed by atoms with Gasteiger partial charge in [0.05, 0.1) is 12.2 Å². The summed E-state index contributed by atoms with van der Waals surface area (Å²) in [5.74, 6) is -1.69. The molecule has 0 spiro atoms. The van der Waals surface area contributed by atoms with Crippen LogP contribution >= 0.6 is 0 Å². The molecule has 0 atom stereocenters. The van der Waals surface area contributed by atoms with E-state index in [2.05, 4.69) is 25.0 Å². The second-order valence-electron chi connectivity index (χ2n) is 3.62. The van der Waals surface area contributed by atoms with E-state index in [0.717, 1.165) is 0 Å². The van der Waals surface area contributed by atoms with Gasteiger partial charge in [-0.1, -0.05) is 5.16 Å². The Morgan fingerprint density at radius 2 is 2.15 bits per heavy atom. The molecule has 0 aliphatic carbocycles. The minimum Gasteiger partial charge on any atom is -0.465 e. The van der Waals surface area contributed by atoms with Gasteiger partial charge in [-0.3, -0.25) is 4.98 Å². The van der Waals surface area contributed by atoms with Crippen molar-refractivity contribution in [1.29, 1.82) is 0 Å². The Labute approximate surface area is 109 Å². The number of hydrogen-bond acceptors (Lipinski definition) is 5. The van der Waals surface area contributed by atoms with E-state index in [1.54, 1.807) is 0 Å². The summed E-state index contributed by atoms with van der Waals surface area (Å²) in [5, 5.41) is 13.7. The summed E-state index contributed by atoms with van der Waals surface area (Å²) in [5.41, 5.74) is 0.624. The third-order valence-corrected chi connectivity index (χ3v) is 2.17. The van der Waals surface area contributed by atoms with Crippen LogP contribution in [-0.4, -0.2) is 26.3 Å². The summed E-state index contributed by atoms with van der Waals surface area (Å²) in [6.45, 7) is -0.0182. The highest BCUT2D eigenvalue weighted by molar-refractivity contribution is 5.64. The predicted octanol–water partition coefficient (Wildman–Crippen LogP) is 1.92. The first-order valence-corrected chi connectivity index (χ1v) is 5.19. The molecule has 0 bridgehead atoms. The van der Waals surface area contributed by atoms with E-state index in [4.69, 9.17) is 5.11 Å². The zero-order valence-electron chi connectivity index (χ0n) is 9.68. The molecule has 0 saturated heterocycles. The first-order valence-electron chi connectivity index (χ1n) is 5.19. The SMILES string of the molecule is O=C(O)NCc1ccc(-c2noc(C(F)(F)F)n2)cn1. The molecule has 0 fully saturated rings. The van der Waals surface area contributed by atoms with Crippen molar-refractivity contribution in [2.24, 2.45) is 0 Å². The van der Waals surface area contributed by atoms with Crippen LogP contribution in [0.4, 0.5) is 18.0 Å². The summed E-state index contributed by atoms with van der Waals surface area (Å²) < 4.78 is 40.9. The van der Waals surface area contributed by atoms with Crippen LogP contribution in [-0.2, 0) is 12.7 Å². The minimum atomic E-state index is -4.70. The van der Waals surface area contributed by atoms with Gasteiger partial charge in [-0.05, 0) is 12.1 Å². The van der Waals surface area contributed by atoms with Crippen molar-refractivity contribution < 1.29 is 27.6 Å². The molecule has 2 aromatic rings. The molecule has 0 aromatic carbocycles. The van der Waals surface area contributed by atoms with E-state index in [9.17, 15) is 18.0 Å². The number of aromatic nitrogens is 3. The number of carboxylic acid groups (broad SMARTS) is 1. The largest absolute Gasteiger partial charge is 0.471 e.